The number of carbonyl (C=O) groups excluding carboxylic acids is 1. The van der Waals surface area contributed by atoms with Gasteiger partial charge in [-0.1, -0.05) is 11.8 Å². The maximum Gasteiger partial charge on any atom is 0.230 e. The molecule has 1 amide bonds. The van der Waals surface area contributed by atoms with Crippen molar-refractivity contribution in [1.29, 1.82) is 0 Å². The Labute approximate surface area is 128 Å². The molecular formula is C12H22N6O2S. The monoisotopic (exact) mass is 314 g/mol. The molecule has 1 aromatic heterocycles. The number of ether oxygens (including phenoxy) is 1. The number of tetrazole rings is 1. The first kappa shape index (κ1) is 16.2. The molecule has 0 atom stereocenters. The average molecular weight is 314 g/mol. The van der Waals surface area contributed by atoms with Crippen molar-refractivity contribution in [2.75, 3.05) is 32.6 Å². The van der Waals surface area contributed by atoms with Crippen molar-refractivity contribution in [2.45, 2.75) is 37.0 Å². The van der Waals surface area contributed by atoms with E-state index in [-0.39, 0.29) is 5.91 Å². The Morgan fingerprint density at radius 3 is 3.10 bits per heavy atom. The fraction of sp³-hybridized carbons (Fsp3) is 0.833. The van der Waals surface area contributed by atoms with Crippen LogP contribution >= 0.6 is 11.8 Å². The molecule has 2 rings (SSSR count). The Morgan fingerprint density at radius 1 is 1.48 bits per heavy atom. The lowest BCUT2D eigenvalue weighted by Gasteiger charge is -2.06. The van der Waals surface area contributed by atoms with E-state index in [1.54, 1.807) is 11.8 Å². The molecule has 0 saturated heterocycles. The molecule has 0 spiro atoms. The van der Waals surface area contributed by atoms with Crippen LogP contribution in [0, 0.1) is 0 Å². The number of thioether (sulfide) groups is 1. The highest BCUT2D eigenvalue weighted by molar-refractivity contribution is 7.99. The van der Waals surface area contributed by atoms with Gasteiger partial charge in [0.2, 0.25) is 11.1 Å². The number of methoxy groups -OCH3 is 1. The zero-order valence-electron chi connectivity index (χ0n) is 12.2. The van der Waals surface area contributed by atoms with Crippen molar-refractivity contribution in [1.82, 2.24) is 30.8 Å². The lowest BCUT2D eigenvalue weighted by molar-refractivity contribution is -0.118. The van der Waals surface area contributed by atoms with Crippen molar-refractivity contribution < 1.29 is 9.53 Å². The van der Waals surface area contributed by atoms with E-state index in [0.717, 1.165) is 19.5 Å². The van der Waals surface area contributed by atoms with E-state index in [2.05, 4.69) is 26.2 Å². The minimum atomic E-state index is -0.0123. The summed E-state index contributed by atoms with van der Waals surface area (Å²) < 4.78 is 6.66. The molecule has 118 valence electrons. The molecule has 9 heteroatoms. The summed E-state index contributed by atoms with van der Waals surface area (Å²) >= 11 is 1.36. The number of amides is 1. The highest BCUT2D eigenvalue weighted by atomic mass is 32.2. The molecule has 1 aliphatic rings. The van der Waals surface area contributed by atoms with Gasteiger partial charge in [0.25, 0.3) is 0 Å². The first-order valence-corrected chi connectivity index (χ1v) is 8.16. The summed E-state index contributed by atoms with van der Waals surface area (Å²) in [6.07, 6.45) is 3.35. The normalized spacial score (nSPS) is 14.3. The summed E-state index contributed by atoms with van der Waals surface area (Å²) in [7, 11) is 1.65. The fourth-order valence-corrected chi connectivity index (χ4v) is 2.46. The van der Waals surface area contributed by atoms with Gasteiger partial charge in [-0.15, -0.1) is 5.10 Å². The Bertz CT molecular complexity index is 437. The smallest absolute Gasteiger partial charge is 0.230 e. The van der Waals surface area contributed by atoms with Crippen LogP contribution in [0.5, 0.6) is 0 Å². The van der Waals surface area contributed by atoms with Crippen molar-refractivity contribution in [3.63, 3.8) is 0 Å². The molecule has 0 aliphatic heterocycles. The van der Waals surface area contributed by atoms with E-state index in [4.69, 9.17) is 4.74 Å². The third kappa shape index (κ3) is 6.40. The Balaban J connectivity index is 1.62. The minimum Gasteiger partial charge on any atom is -0.385 e. The highest BCUT2D eigenvalue weighted by Gasteiger charge is 2.20. The third-order valence-corrected chi connectivity index (χ3v) is 3.97. The van der Waals surface area contributed by atoms with Gasteiger partial charge in [-0.3, -0.25) is 4.79 Å². The van der Waals surface area contributed by atoms with Gasteiger partial charge in [0.05, 0.1) is 12.3 Å². The quantitative estimate of drug-likeness (QED) is 0.426. The van der Waals surface area contributed by atoms with Crippen LogP contribution in [0.4, 0.5) is 0 Å². The maximum absolute atomic E-state index is 11.7. The van der Waals surface area contributed by atoms with Crippen LogP contribution in [-0.2, 0) is 16.1 Å². The lowest BCUT2D eigenvalue weighted by atomic mass is 10.4. The van der Waals surface area contributed by atoms with Crippen LogP contribution in [0.3, 0.4) is 0 Å². The van der Waals surface area contributed by atoms with Gasteiger partial charge in [0, 0.05) is 32.8 Å². The van der Waals surface area contributed by atoms with E-state index in [1.165, 1.54) is 24.6 Å². The summed E-state index contributed by atoms with van der Waals surface area (Å²) in [6.45, 7) is 2.86. The van der Waals surface area contributed by atoms with Crippen molar-refractivity contribution in [3.05, 3.63) is 0 Å². The molecular weight excluding hydrogens is 292 g/mol. The number of hydrogen-bond donors (Lipinski definition) is 2. The summed E-state index contributed by atoms with van der Waals surface area (Å²) in [5.74, 6) is 0.311. The number of hydrogen-bond acceptors (Lipinski definition) is 7. The summed E-state index contributed by atoms with van der Waals surface area (Å²) in [5, 5.41) is 18.5. The maximum atomic E-state index is 11.7. The van der Waals surface area contributed by atoms with Crippen LogP contribution in [0.25, 0.3) is 0 Å². The molecule has 1 aliphatic carbocycles. The zero-order valence-corrected chi connectivity index (χ0v) is 13.1. The molecule has 21 heavy (non-hydrogen) atoms. The first-order valence-electron chi connectivity index (χ1n) is 7.17. The predicted octanol–water partition coefficient (Wildman–Crippen LogP) is -0.330. The Hall–Kier alpha value is -1.19. The molecule has 1 heterocycles. The van der Waals surface area contributed by atoms with Crippen molar-refractivity contribution in [2.24, 2.45) is 0 Å². The van der Waals surface area contributed by atoms with Crippen LogP contribution in [-0.4, -0.2) is 64.7 Å². The predicted molar refractivity (Wildman–Crippen MR) is 79.1 cm³/mol. The molecule has 0 radical (unpaired) electrons. The van der Waals surface area contributed by atoms with Gasteiger partial charge in [-0.05, 0) is 29.7 Å². The molecule has 1 aromatic rings. The van der Waals surface area contributed by atoms with Gasteiger partial charge in [0.1, 0.15) is 0 Å². The third-order valence-electron chi connectivity index (χ3n) is 3.01. The molecule has 0 unspecified atom stereocenters. The SMILES string of the molecule is COCCCNC(=O)CSc1nnnn1CCNC1CC1. The summed E-state index contributed by atoms with van der Waals surface area (Å²) in [5.41, 5.74) is 0. The number of nitrogens with one attached hydrogen (secondary N) is 2. The van der Waals surface area contributed by atoms with Crippen molar-refractivity contribution in [3.8, 4) is 0 Å². The van der Waals surface area contributed by atoms with Crippen LogP contribution in [0.2, 0.25) is 0 Å². The Morgan fingerprint density at radius 2 is 2.33 bits per heavy atom. The zero-order chi connectivity index (χ0) is 14.9. The average Bonchev–Trinajstić information content (AvgIpc) is 3.20. The summed E-state index contributed by atoms with van der Waals surface area (Å²) in [4.78, 5) is 11.7. The van der Waals surface area contributed by atoms with E-state index >= 15 is 0 Å². The van der Waals surface area contributed by atoms with Crippen LogP contribution < -0.4 is 10.6 Å². The van der Waals surface area contributed by atoms with E-state index in [9.17, 15) is 4.79 Å². The van der Waals surface area contributed by atoms with Gasteiger partial charge in [-0.25, -0.2) is 4.68 Å². The van der Waals surface area contributed by atoms with E-state index < -0.39 is 0 Å². The lowest BCUT2D eigenvalue weighted by Crippen LogP contribution is -2.27. The van der Waals surface area contributed by atoms with E-state index in [1.807, 2.05) is 0 Å². The molecule has 1 saturated carbocycles. The second-order valence-corrected chi connectivity index (χ2v) is 5.84. The second-order valence-electron chi connectivity index (χ2n) is 4.90. The van der Waals surface area contributed by atoms with Crippen LogP contribution in [0.1, 0.15) is 19.3 Å². The highest BCUT2D eigenvalue weighted by Crippen LogP contribution is 2.18. The molecule has 2 N–H and O–H groups in total. The number of rotatable bonds is 11. The number of carbonyl (C=O) groups is 1. The second kappa shape index (κ2) is 8.96. The van der Waals surface area contributed by atoms with E-state index in [0.29, 0.717) is 30.1 Å². The molecule has 1 fully saturated rings. The summed E-state index contributed by atoms with van der Waals surface area (Å²) in [6, 6.07) is 0.676. The number of nitrogens with zero attached hydrogens (tertiary/aromatic N) is 4. The fourth-order valence-electron chi connectivity index (χ4n) is 1.73. The van der Waals surface area contributed by atoms with Gasteiger partial charge in [0.15, 0.2) is 0 Å². The van der Waals surface area contributed by atoms with Gasteiger partial charge < -0.3 is 15.4 Å². The standard InChI is InChI=1S/C12H22N6O2S/c1-20-8-2-5-14-11(19)9-21-12-15-16-17-18(12)7-6-13-10-3-4-10/h10,13H,2-9H2,1H3,(H,14,19). The van der Waals surface area contributed by atoms with Crippen molar-refractivity contribution >= 4 is 17.7 Å². The molecule has 0 bridgehead atoms. The minimum absolute atomic E-state index is 0.0123. The largest absolute Gasteiger partial charge is 0.385 e. The first-order chi connectivity index (χ1) is 10.3. The molecule has 0 aromatic carbocycles. The Kier molecular flexibility index (Phi) is 6.90. The van der Waals surface area contributed by atoms with Crippen LogP contribution in [0.15, 0.2) is 5.16 Å². The molecule has 8 nitrogen and oxygen atoms in total. The number of aromatic nitrogens is 4. The van der Waals surface area contributed by atoms with Gasteiger partial charge >= 0.3 is 0 Å². The van der Waals surface area contributed by atoms with Gasteiger partial charge in [-0.2, -0.15) is 0 Å². The topological polar surface area (TPSA) is 94.0 Å².